The smallest absolute Gasteiger partial charge is 0.0707 e. The Labute approximate surface area is 100 Å². The molecule has 0 bridgehead atoms. The SMILES string of the molecule is CC(O)(Cc1ccccc1)Cc1cccs1. The molecule has 16 heavy (non-hydrogen) atoms. The van der Waals surface area contributed by atoms with Gasteiger partial charge in [0.15, 0.2) is 0 Å². The summed E-state index contributed by atoms with van der Waals surface area (Å²) in [5, 5.41) is 12.4. The van der Waals surface area contributed by atoms with E-state index in [2.05, 4.69) is 18.2 Å². The number of hydrogen-bond acceptors (Lipinski definition) is 2. The number of benzene rings is 1. The van der Waals surface area contributed by atoms with Crippen LogP contribution in [-0.2, 0) is 12.8 Å². The largest absolute Gasteiger partial charge is 0.389 e. The fraction of sp³-hybridized carbons (Fsp3) is 0.286. The van der Waals surface area contributed by atoms with Crippen molar-refractivity contribution in [2.45, 2.75) is 25.4 Å². The minimum absolute atomic E-state index is 0.661. The lowest BCUT2D eigenvalue weighted by Crippen LogP contribution is -2.29. The molecule has 0 radical (unpaired) electrons. The second-order valence-corrected chi connectivity index (χ2v) is 5.45. The van der Waals surface area contributed by atoms with Gasteiger partial charge in [-0.25, -0.2) is 0 Å². The molecule has 1 heterocycles. The van der Waals surface area contributed by atoms with Gasteiger partial charge in [0.05, 0.1) is 5.60 Å². The summed E-state index contributed by atoms with van der Waals surface area (Å²) < 4.78 is 0. The second-order valence-electron chi connectivity index (χ2n) is 4.42. The third-order valence-corrected chi connectivity index (χ3v) is 3.44. The highest BCUT2D eigenvalue weighted by Crippen LogP contribution is 2.21. The van der Waals surface area contributed by atoms with Gasteiger partial charge < -0.3 is 5.11 Å². The number of aliphatic hydroxyl groups is 1. The highest BCUT2D eigenvalue weighted by Gasteiger charge is 2.21. The van der Waals surface area contributed by atoms with Gasteiger partial charge in [0.25, 0.3) is 0 Å². The second kappa shape index (κ2) is 4.81. The maximum absolute atomic E-state index is 10.3. The number of thiophene rings is 1. The molecule has 2 rings (SSSR count). The average Bonchev–Trinajstić information content (AvgIpc) is 2.70. The van der Waals surface area contributed by atoms with E-state index in [1.807, 2.05) is 36.6 Å². The van der Waals surface area contributed by atoms with Crippen LogP contribution in [0.25, 0.3) is 0 Å². The molecule has 2 aromatic rings. The summed E-state index contributed by atoms with van der Waals surface area (Å²) in [6.45, 7) is 1.90. The molecular formula is C14H16OS. The van der Waals surface area contributed by atoms with Crippen LogP contribution in [0.4, 0.5) is 0 Å². The van der Waals surface area contributed by atoms with Gasteiger partial charge in [0, 0.05) is 17.7 Å². The average molecular weight is 232 g/mol. The van der Waals surface area contributed by atoms with Gasteiger partial charge in [-0.05, 0) is 23.9 Å². The molecule has 0 amide bonds. The molecule has 1 aromatic heterocycles. The fourth-order valence-electron chi connectivity index (χ4n) is 1.89. The highest BCUT2D eigenvalue weighted by molar-refractivity contribution is 7.09. The Kier molecular flexibility index (Phi) is 3.42. The number of hydrogen-bond donors (Lipinski definition) is 1. The van der Waals surface area contributed by atoms with E-state index >= 15 is 0 Å². The zero-order valence-corrected chi connectivity index (χ0v) is 10.2. The molecule has 1 N–H and O–H groups in total. The van der Waals surface area contributed by atoms with Crippen LogP contribution in [0.5, 0.6) is 0 Å². The summed E-state index contributed by atoms with van der Waals surface area (Å²) in [4.78, 5) is 1.24. The Morgan fingerprint density at radius 2 is 1.81 bits per heavy atom. The van der Waals surface area contributed by atoms with E-state index in [1.165, 1.54) is 10.4 Å². The monoisotopic (exact) mass is 232 g/mol. The summed E-state index contributed by atoms with van der Waals surface area (Å²) in [5.74, 6) is 0. The van der Waals surface area contributed by atoms with E-state index in [0.717, 1.165) is 6.42 Å². The first kappa shape index (κ1) is 11.4. The van der Waals surface area contributed by atoms with Crippen LogP contribution < -0.4 is 0 Å². The van der Waals surface area contributed by atoms with Gasteiger partial charge in [0.2, 0.25) is 0 Å². The summed E-state index contributed by atoms with van der Waals surface area (Å²) in [5.41, 5.74) is 0.524. The highest BCUT2D eigenvalue weighted by atomic mass is 32.1. The number of rotatable bonds is 4. The van der Waals surface area contributed by atoms with E-state index in [0.29, 0.717) is 6.42 Å². The van der Waals surface area contributed by atoms with E-state index < -0.39 is 5.60 Å². The van der Waals surface area contributed by atoms with Crippen molar-refractivity contribution >= 4 is 11.3 Å². The third-order valence-electron chi connectivity index (χ3n) is 2.56. The zero-order valence-electron chi connectivity index (χ0n) is 9.39. The molecule has 0 aliphatic rings. The van der Waals surface area contributed by atoms with Gasteiger partial charge in [-0.2, -0.15) is 0 Å². The van der Waals surface area contributed by atoms with Crippen LogP contribution in [-0.4, -0.2) is 10.7 Å². The van der Waals surface area contributed by atoms with Crippen LogP contribution >= 0.6 is 11.3 Å². The van der Waals surface area contributed by atoms with Crippen LogP contribution in [0.3, 0.4) is 0 Å². The van der Waals surface area contributed by atoms with Crippen molar-refractivity contribution in [2.24, 2.45) is 0 Å². The molecule has 0 saturated carbocycles. The topological polar surface area (TPSA) is 20.2 Å². The Balaban J connectivity index is 2.03. The molecule has 1 atom stereocenters. The lowest BCUT2D eigenvalue weighted by atomic mass is 9.93. The predicted molar refractivity (Wildman–Crippen MR) is 68.8 cm³/mol. The fourth-order valence-corrected chi connectivity index (χ4v) is 2.77. The first-order valence-electron chi connectivity index (χ1n) is 5.44. The van der Waals surface area contributed by atoms with Crippen LogP contribution in [0, 0.1) is 0 Å². The van der Waals surface area contributed by atoms with Gasteiger partial charge in [0.1, 0.15) is 0 Å². The van der Waals surface area contributed by atoms with Crippen molar-refractivity contribution in [3.05, 3.63) is 58.3 Å². The lowest BCUT2D eigenvalue weighted by Gasteiger charge is -2.22. The Bertz CT molecular complexity index is 417. The molecule has 0 fully saturated rings. The molecule has 2 heteroatoms. The Morgan fingerprint density at radius 3 is 2.44 bits per heavy atom. The summed E-state index contributed by atoms with van der Waals surface area (Å²) >= 11 is 1.70. The summed E-state index contributed by atoms with van der Waals surface area (Å²) in [6.07, 6.45) is 1.42. The lowest BCUT2D eigenvalue weighted by molar-refractivity contribution is 0.0616. The molecule has 0 aliphatic heterocycles. The molecule has 84 valence electrons. The molecule has 1 aromatic carbocycles. The Hall–Kier alpha value is -1.12. The molecule has 0 spiro atoms. The van der Waals surface area contributed by atoms with Gasteiger partial charge in [-0.1, -0.05) is 36.4 Å². The third kappa shape index (κ3) is 3.19. The standard InChI is InChI=1S/C14H16OS/c1-14(15,11-13-8-5-9-16-13)10-12-6-3-2-4-7-12/h2-9,15H,10-11H2,1H3. The van der Waals surface area contributed by atoms with Crippen molar-refractivity contribution in [1.29, 1.82) is 0 Å². The Morgan fingerprint density at radius 1 is 1.06 bits per heavy atom. The van der Waals surface area contributed by atoms with Crippen molar-refractivity contribution in [1.82, 2.24) is 0 Å². The quantitative estimate of drug-likeness (QED) is 0.857. The van der Waals surface area contributed by atoms with Crippen molar-refractivity contribution in [3.8, 4) is 0 Å². The van der Waals surface area contributed by atoms with Crippen LogP contribution in [0.1, 0.15) is 17.4 Å². The minimum Gasteiger partial charge on any atom is -0.389 e. The normalized spacial score (nSPS) is 14.6. The molecule has 1 unspecified atom stereocenters. The first-order valence-corrected chi connectivity index (χ1v) is 6.32. The van der Waals surface area contributed by atoms with E-state index in [-0.39, 0.29) is 0 Å². The van der Waals surface area contributed by atoms with Crippen molar-refractivity contribution < 1.29 is 5.11 Å². The maximum Gasteiger partial charge on any atom is 0.0707 e. The predicted octanol–water partition coefficient (Wildman–Crippen LogP) is 3.28. The van der Waals surface area contributed by atoms with Crippen LogP contribution in [0.15, 0.2) is 47.8 Å². The maximum atomic E-state index is 10.3. The van der Waals surface area contributed by atoms with Gasteiger partial charge in [-0.15, -0.1) is 11.3 Å². The van der Waals surface area contributed by atoms with Gasteiger partial charge >= 0.3 is 0 Å². The van der Waals surface area contributed by atoms with E-state index in [9.17, 15) is 5.11 Å². The van der Waals surface area contributed by atoms with E-state index in [4.69, 9.17) is 0 Å². The molecule has 1 nitrogen and oxygen atoms in total. The first-order chi connectivity index (χ1) is 7.66. The zero-order chi connectivity index (χ0) is 11.4. The van der Waals surface area contributed by atoms with E-state index in [1.54, 1.807) is 11.3 Å². The summed E-state index contributed by atoms with van der Waals surface area (Å²) in [6, 6.07) is 14.2. The van der Waals surface area contributed by atoms with Gasteiger partial charge in [-0.3, -0.25) is 0 Å². The molecule has 0 saturated heterocycles. The molecule has 0 aliphatic carbocycles. The summed E-state index contributed by atoms with van der Waals surface area (Å²) in [7, 11) is 0. The van der Waals surface area contributed by atoms with Crippen molar-refractivity contribution in [3.63, 3.8) is 0 Å². The minimum atomic E-state index is -0.661. The van der Waals surface area contributed by atoms with Crippen molar-refractivity contribution in [2.75, 3.05) is 0 Å². The molecular weight excluding hydrogens is 216 g/mol. The van der Waals surface area contributed by atoms with Crippen LogP contribution in [0.2, 0.25) is 0 Å².